The van der Waals surface area contributed by atoms with Gasteiger partial charge in [0.05, 0.1) is 5.02 Å². The molecule has 0 aliphatic heterocycles. The van der Waals surface area contributed by atoms with Crippen LogP contribution in [0.5, 0.6) is 11.5 Å². The van der Waals surface area contributed by atoms with Crippen molar-refractivity contribution in [1.29, 1.82) is 0 Å². The van der Waals surface area contributed by atoms with E-state index in [9.17, 15) is 13.6 Å². The number of anilines is 1. The first-order valence-corrected chi connectivity index (χ1v) is 5.71. The molecular weight excluding hydrogens is 292 g/mol. The molecule has 3 N–H and O–H groups in total. The van der Waals surface area contributed by atoms with Crippen molar-refractivity contribution >= 4 is 23.3 Å². The molecule has 2 aromatic rings. The lowest BCUT2D eigenvalue weighted by Gasteiger charge is -2.11. The van der Waals surface area contributed by atoms with Crippen molar-refractivity contribution in [2.24, 2.45) is 0 Å². The number of nitrogen functional groups attached to an aromatic ring is 1. The smallest absolute Gasteiger partial charge is 0.339 e. The Morgan fingerprint density at radius 3 is 2.50 bits per heavy atom. The van der Waals surface area contributed by atoms with E-state index < -0.39 is 17.6 Å². The van der Waals surface area contributed by atoms with Gasteiger partial charge in [0, 0.05) is 11.8 Å². The van der Waals surface area contributed by atoms with Gasteiger partial charge in [0.1, 0.15) is 11.3 Å². The second-order valence-electron chi connectivity index (χ2n) is 3.86. The zero-order valence-corrected chi connectivity index (χ0v) is 10.6. The quantitative estimate of drug-likeness (QED) is 0.848. The number of carboxylic acids is 1. The van der Waals surface area contributed by atoms with Crippen molar-refractivity contribution in [1.82, 2.24) is 0 Å². The Morgan fingerprint density at radius 2 is 1.90 bits per heavy atom. The highest BCUT2D eigenvalue weighted by molar-refractivity contribution is 6.33. The number of carbonyl (C=O) groups is 1. The Balaban J connectivity index is 2.47. The van der Waals surface area contributed by atoms with Crippen LogP contribution >= 0.6 is 11.6 Å². The zero-order chi connectivity index (χ0) is 14.9. The number of halogens is 3. The second-order valence-corrected chi connectivity index (χ2v) is 4.27. The third-order valence-electron chi connectivity index (χ3n) is 2.41. The minimum atomic E-state index is -1.31. The van der Waals surface area contributed by atoms with Crippen molar-refractivity contribution in [3.8, 4) is 11.5 Å². The number of hydrogen-bond acceptors (Lipinski definition) is 3. The summed E-state index contributed by atoms with van der Waals surface area (Å²) < 4.78 is 31.1. The summed E-state index contributed by atoms with van der Waals surface area (Å²) in [5.41, 5.74) is 5.36. The molecule has 0 spiro atoms. The topological polar surface area (TPSA) is 72.5 Å². The first-order chi connectivity index (χ1) is 9.38. The molecule has 2 aromatic carbocycles. The van der Waals surface area contributed by atoms with E-state index in [0.717, 1.165) is 24.3 Å². The molecule has 0 amide bonds. The molecule has 104 valence electrons. The minimum absolute atomic E-state index is 0.0490. The molecule has 4 nitrogen and oxygen atoms in total. The summed E-state index contributed by atoms with van der Waals surface area (Å²) in [6.45, 7) is 0. The van der Waals surface area contributed by atoms with E-state index in [4.69, 9.17) is 27.2 Å². The highest BCUT2D eigenvalue weighted by atomic mass is 35.5. The van der Waals surface area contributed by atoms with Gasteiger partial charge in [-0.1, -0.05) is 11.6 Å². The summed E-state index contributed by atoms with van der Waals surface area (Å²) >= 11 is 5.86. The number of hydrogen-bond donors (Lipinski definition) is 2. The monoisotopic (exact) mass is 299 g/mol. The number of nitrogens with two attached hydrogens (primary N) is 1. The molecular formula is C13H8ClF2NO3. The third-order valence-corrected chi connectivity index (χ3v) is 2.69. The molecule has 0 atom stereocenters. The molecule has 20 heavy (non-hydrogen) atoms. The number of rotatable bonds is 3. The van der Waals surface area contributed by atoms with Crippen LogP contribution in [0.1, 0.15) is 10.4 Å². The van der Waals surface area contributed by atoms with E-state index in [0.29, 0.717) is 0 Å². The fourth-order valence-electron chi connectivity index (χ4n) is 1.54. The van der Waals surface area contributed by atoms with Gasteiger partial charge in [-0.3, -0.25) is 0 Å². The van der Waals surface area contributed by atoms with Gasteiger partial charge in [0.25, 0.3) is 0 Å². The molecule has 0 bridgehead atoms. The zero-order valence-electron chi connectivity index (χ0n) is 9.86. The van der Waals surface area contributed by atoms with E-state index in [1.54, 1.807) is 0 Å². The Kier molecular flexibility index (Phi) is 3.76. The Hall–Kier alpha value is -2.34. The number of benzene rings is 2. The Morgan fingerprint density at radius 1 is 1.20 bits per heavy atom. The average molecular weight is 300 g/mol. The van der Waals surface area contributed by atoms with Crippen molar-refractivity contribution in [3.63, 3.8) is 0 Å². The van der Waals surface area contributed by atoms with Crippen molar-refractivity contribution in [3.05, 3.63) is 52.6 Å². The lowest BCUT2D eigenvalue weighted by molar-refractivity contribution is 0.0694. The van der Waals surface area contributed by atoms with Crippen LogP contribution in [0, 0.1) is 11.6 Å². The van der Waals surface area contributed by atoms with Gasteiger partial charge in [0.2, 0.25) is 0 Å². The first kappa shape index (κ1) is 14.1. The Labute approximate surface area is 117 Å². The predicted octanol–water partition coefficient (Wildman–Crippen LogP) is 3.69. The van der Waals surface area contributed by atoms with Gasteiger partial charge in [-0.2, -0.15) is 0 Å². The van der Waals surface area contributed by atoms with Crippen molar-refractivity contribution < 1.29 is 23.4 Å². The van der Waals surface area contributed by atoms with Gasteiger partial charge in [0.15, 0.2) is 17.4 Å². The van der Waals surface area contributed by atoms with Crippen LogP contribution < -0.4 is 10.5 Å². The standard InChI is InChI=1S/C13H8ClF2NO3/c14-9-4-6(17)3-8(13(18)19)12(9)20-7-1-2-10(15)11(16)5-7/h1-5H,17H2,(H,18,19). The molecule has 0 radical (unpaired) electrons. The van der Waals surface area contributed by atoms with Crippen LogP contribution in [0.2, 0.25) is 5.02 Å². The highest BCUT2D eigenvalue weighted by Gasteiger charge is 2.17. The molecule has 0 heterocycles. The van der Waals surface area contributed by atoms with Gasteiger partial charge >= 0.3 is 5.97 Å². The molecule has 0 aliphatic rings. The van der Waals surface area contributed by atoms with Crippen LogP contribution in [0.25, 0.3) is 0 Å². The van der Waals surface area contributed by atoms with Gasteiger partial charge in [-0.25, -0.2) is 13.6 Å². The Bertz CT molecular complexity index is 692. The highest BCUT2D eigenvalue weighted by Crippen LogP contribution is 2.35. The van der Waals surface area contributed by atoms with E-state index in [2.05, 4.69) is 0 Å². The molecule has 2 rings (SSSR count). The van der Waals surface area contributed by atoms with Crippen LogP contribution in [0.3, 0.4) is 0 Å². The largest absolute Gasteiger partial charge is 0.478 e. The van der Waals surface area contributed by atoms with Crippen molar-refractivity contribution in [2.75, 3.05) is 5.73 Å². The molecule has 0 fully saturated rings. The number of carboxylic acid groups (broad SMARTS) is 1. The molecule has 0 saturated carbocycles. The fraction of sp³-hybridized carbons (Fsp3) is 0. The van der Waals surface area contributed by atoms with Crippen LogP contribution in [0.15, 0.2) is 30.3 Å². The van der Waals surface area contributed by atoms with Crippen LogP contribution in [-0.2, 0) is 0 Å². The van der Waals surface area contributed by atoms with Gasteiger partial charge in [-0.15, -0.1) is 0 Å². The summed E-state index contributed by atoms with van der Waals surface area (Å²) in [5.74, 6) is -3.75. The lowest BCUT2D eigenvalue weighted by atomic mass is 10.2. The van der Waals surface area contributed by atoms with Crippen LogP contribution in [-0.4, -0.2) is 11.1 Å². The number of ether oxygens (including phenoxy) is 1. The second kappa shape index (κ2) is 5.34. The fourth-order valence-corrected chi connectivity index (χ4v) is 1.80. The summed E-state index contributed by atoms with van der Waals surface area (Å²) in [6, 6.07) is 5.24. The van der Waals surface area contributed by atoms with E-state index >= 15 is 0 Å². The van der Waals surface area contributed by atoms with E-state index in [1.165, 1.54) is 6.07 Å². The van der Waals surface area contributed by atoms with Gasteiger partial charge in [-0.05, 0) is 24.3 Å². The molecule has 0 aliphatic carbocycles. The lowest BCUT2D eigenvalue weighted by Crippen LogP contribution is -2.02. The molecule has 0 unspecified atom stereocenters. The van der Waals surface area contributed by atoms with Crippen molar-refractivity contribution in [2.45, 2.75) is 0 Å². The van der Waals surface area contributed by atoms with Gasteiger partial charge < -0.3 is 15.6 Å². The maximum Gasteiger partial charge on any atom is 0.339 e. The normalized spacial score (nSPS) is 10.3. The third kappa shape index (κ3) is 2.80. The van der Waals surface area contributed by atoms with Crippen LogP contribution in [0.4, 0.5) is 14.5 Å². The first-order valence-electron chi connectivity index (χ1n) is 5.33. The minimum Gasteiger partial charge on any atom is -0.478 e. The maximum absolute atomic E-state index is 13.1. The maximum atomic E-state index is 13.1. The van der Waals surface area contributed by atoms with E-state index in [-0.39, 0.29) is 27.8 Å². The molecule has 7 heteroatoms. The summed E-state index contributed by atoms with van der Waals surface area (Å²) in [4.78, 5) is 11.1. The average Bonchev–Trinajstić information content (AvgIpc) is 2.36. The number of aromatic carboxylic acids is 1. The summed E-state index contributed by atoms with van der Waals surface area (Å²) in [5, 5.41) is 9.01. The predicted molar refractivity (Wildman–Crippen MR) is 69.3 cm³/mol. The SMILES string of the molecule is Nc1cc(Cl)c(Oc2ccc(F)c(F)c2)c(C(=O)O)c1. The molecule has 0 saturated heterocycles. The van der Waals surface area contributed by atoms with E-state index in [1.807, 2.05) is 0 Å². The summed E-state index contributed by atoms with van der Waals surface area (Å²) in [6.07, 6.45) is 0. The molecule has 0 aromatic heterocycles. The summed E-state index contributed by atoms with van der Waals surface area (Å²) in [7, 11) is 0.